The van der Waals surface area contributed by atoms with E-state index in [0.717, 1.165) is 0 Å². The van der Waals surface area contributed by atoms with Crippen LogP contribution in [-0.4, -0.2) is 45.7 Å². The largest absolute Gasteiger partial charge is 0.507 e. The molecule has 0 unspecified atom stereocenters. The molecule has 1 aromatic carbocycles. The van der Waals surface area contributed by atoms with E-state index in [9.17, 15) is 24.9 Å². The zero-order valence-corrected chi connectivity index (χ0v) is 12.2. The maximum absolute atomic E-state index is 12.7. The lowest BCUT2D eigenvalue weighted by Gasteiger charge is -2.36. The van der Waals surface area contributed by atoms with E-state index in [1.54, 1.807) is 0 Å². The number of carbonyl (C=O) groups is 2. The van der Waals surface area contributed by atoms with Crippen molar-refractivity contribution in [2.24, 2.45) is 0 Å². The molecule has 0 saturated carbocycles. The van der Waals surface area contributed by atoms with Crippen molar-refractivity contribution in [3.63, 3.8) is 0 Å². The predicted octanol–water partition coefficient (Wildman–Crippen LogP) is 0.982. The smallest absolute Gasteiger partial charge is 0.196 e. The average molecular weight is 304 g/mol. The number of Topliss-reactive ketones (excluding diaryl/α,β-unsaturated/α-hetero) is 2. The first-order chi connectivity index (χ1) is 10.2. The molecule has 0 amide bonds. The van der Waals surface area contributed by atoms with Crippen molar-refractivity contribution in [2.45, 2.75) is 31.5 Å². The Morgan fingerprint density at radius 3 is 2.59 bits per heavy atom. The van der Waals surface area contributed by atoms with Crippen LogP contribution in [0.4, 0.5) is 0 Å². The van der Waals surface area contributed by atoms with Crippen LogP contribution in [0.1, 0.15) is 40.5 Å². The number of phenolic OH excluding ortho intramolecular Hbond substituents is 1. The molecule has 116 valence electrons. The van der Waals surface area contributed by atoms with Gasteiger partial charge in [-0.1, -0.05) is 0 Å². The summed E-state index contributed by atoms with van der Waals surface area (Å²) in [6.45, 7) is 1.51. The normalized spacial score (nSPS) is 27.5. The molecule has 1 aromatic rings. The molecule has 0 spiro atoms. The van der Waals surface area contributed by atoms with Gasteiger partial charge in [-0.05, 0) is 13.0 Å². The topological polar surface area (TPSA) is 104 Å². The molecule has 6 nitrogen and oxygen atoms in total. The van der Waals surface area contributed by atoms with Crippen LogP contribution < -0.4 is 4.74 Å². The highest BCUT2D eigenvalue weighted by Crippen LogP contribution is 2.42. The summed E-state index contributed by atoms with van der Waals surface area (Å²) in [4.78, 5) is 25.2. The fourth-order valence-electron chi connectivity index (χ4n) is 3.19. The quantitative estimate of drug-likeness (QED) is 0.714. The van der Waals surface area contributed by atoms with Crippen LogP contribution in [0.3, 0.4) is 0 Å². The maximum atomic E-state index is 12.7. The molecule has 2 aliphatic carbocycles. The van der Waals surface area contributed by atoms with Crippen molar-refractivity contribution < 1.29 is 29.6 Å². The predicted molar refractivity (Wildman–Crippen MR) is 76.2 cm³/mol. The van der Waals surface area contributed by atoms with Gasteiger partial charge in [-0.2, -0.15) is 0 Å². The van der Waals surface area contributed by atoms with Gasteiger partial charge >= 0.3 is 0 Å². The Hall–Kier alpha value is -2.18. The third kappa shape index (κ3) is 2.03. The monoisotopic (exact) mass is 304 g/mol. The minimum absolute atomic E-state index is 0.0125. The number of benzene rings is 1. The van der Waals surface area contributed by atoms with E-state index in [1.165, 1.54) is 26.2 Å². The average Bonchev–Trinajstić information content (AvgIpc) is 2.42. The molecule has 3 rings (SSSR count). The number of aliphatic hydroxyl groups excluding tert-OH is 1. The standard InChI is InChI=1S/C16H16O6/c1-16(21)5-9-13(11(18)6-16)15(20)12-8(14(9)19)3-7(22-2)4-10(12)17/h3-4,11,17-18,21H,5-6H2,1-2H3/t11-,16-/m1/s1. The van der Waals surface area contributed by atoms with Gasteiger partial charge in [-0.15, -0.1) is 0 Å². The van der Waals surface area contributed by atoms with Crippen molar-refractivity contribution in [3.05, 3.63) is 34.4 Å². The van der Waals surface area contributed by atoms with Crippen LogP contribution in [0.15, 0.2) is 23.3 Å². The van der Waals surface area contributed by atoms with Crippen molar-refractivity contribution in [1.82, 2.24) is 0 Å². The van der Waals surface area contributed by atoms with Crippen molar-refractivity contribution >= 4 is 11.6 Å². The number of methoxy groups -OCH3 is 1. The number of rotatable bonds is 1. The summed E-state index contributed by atoms with van der Waals surface area (Å²) < 4.78 is 5.00. The van der Waals surface area contributed by atoms with Gasteiger partial charge in [0.05, 0.1) is 24.4 Å². The summed E-state index contributed by atoms with van der Waals surface area (Å²) in [5, 5.41) is 30.3. The van der Waals surface area contributed by atoms with Crippen molar-refractivity contribution in [3.8, 4) is 11.5 Å². The summed E-state index contributed by atoms with van der Waals surface area (Å²) in [6.07, 6.45) is -1.27. The molecule has 22 heavy (non-hydrogen) atoms. The number of phenols is 1. The van der Waals surface area contributed by atoms with E-state index in [-0.39, 0.29) is 46.6 Å². The van der Waals surface area contributed by atoms with E-state index in [1.807, 2.05) is 0 Å². The third-order valence-electron chi connectivity index (χ3n) is 4.17. The number of fused-ring (bicyclic) bond motifs is 1. The highest BCUT2D eigenvalue weighted by Gasteiger charge is 2.44. The van der Waals surface area contributed by atoms with Crippen LogP contribution in [0.5, 0.6) is 11.5 Å². The Balaban J connectivity index is 2.23. The molecule has 0 fully saturated rings. The van der Waals surface area contributed by atoms with Crippen LogP contribution >= 0.6 is 0 Å². The molecule has 0 saturated heterocycles. The highest BCUT2D eigenvalue weighted by molar-refractivity contribution is 6.28. The summed E-state index contributed by atoms with van der Waals surface area (Å²) in [5.41, 5.74) is -1.26. The molecule has 0 aromatic heterocycles. The second kappa shape index (κ2) is 4.66. The van der Waals surface area contributed by atoms with Crippen LogP contribution in [0.25, 0.3) is 0 Å². The summed E-state index contributed by atoms with van der Waals surface area (Å²) in [7, 11) is 1.39. The third-order valence-corrected chi connectivity index (χ3v) is 4.17. The van der Waals surface area contributed by atoms with E-state index >= 15 is 0 Å². The first kappa shape index (κ1) is 14.7. The number of hydrogen-bond acceptors (Lipinski definition) is 6. The number of ether oxygens (including phenoxy) is 1. The zero-order valence-electron chi connectivity index (χ0n) is 12.2. The second-order valence-electron chi connectivity index (χ2n) is 6.01. The second-order valence-corrected chi connectivity index (χ2v) is 6.01. The molecule has 0 aliphatic heterocycles. The fourth-order valence-corrected chi connectivity index (χ4v) is 3.19. The number of aromatic hydroxyl groups is 1. The van der Waals surface area contributed by atoms with Gasteiger partial charge in [0.25, 0.3) is 0 Å². The van der Waals surface area contributed by atoms with Gasteiger partial charge in [0.1, 0.15) is 11.5 Å². The van der Waals surface area contributed by atoms with E-state index < -0.39 is 23.3 Å². The molecule has 2 aliphatic rings. The van der Waals surface area contributed by atoms with E-state index in [2.05, 4.69) is 0 Å². The SMILES string of the molecule is COc1cc(O)c2c(c1)C(=O)C1=C(C2=O)[C@H](O)C[C@](C)(O)C1. The van der Waals surface area contributed by atoms with Gasteiger partial charge in [0, 0.05) is 35.6 Å². The van der Waals surface area contributed by atoms with Gasteiger partial charge in [0.15, 0.2) is 11.6 Å². The molecule has 0 heterocycles. The Labute approximate surface area is 126 Å². The van der Waals surface area contributed by atoms with E-state index in [0.29, 0.717) is 0 Å². The Morgan fingerprint density at radius 2 is 1.95 bits per heavy atom. The molecule has 6 heteroatoms. The van der Waals surface area contributed by atoms with Gasteiger partial charge in [-0.25, -0.2) is 0 Å². The molecule has 0 radical (unpaired) electrons. The molecule has 2 atom stereocenters. The number of aliphatic hydroxyl groups is 2. The molecule has 0 bridgehead atoms. The number of ketones is 2. The molecular formula is C16H16O6. The number of hydrogen-bond donors (Lipinski definition) is 3. The molecule has 3 N–H and O–H groups in total. The van der Waals surface area contributed by atoms with Gasteiger partial charge in [-0.3, -0.25) is 9.59 Å². The maximum Gasteiger partial charge on any atom is 0.196 e. The van der Waals surface area contributed by atoms with Crippen LogP contribution in [0, 0.1) is 0 Å². The first-order valence-electron chi connectivity index (χ1n) is 6.89. The Kier molecular flexibility index (Phi) is 3.12. The van der Waals surface area contributed by atoms with Gasteiger partial charge in [0.2, 0.25) is 0 Å². The highest BCUT2D eigenvalue weighted by atomic mass is 16.5. The first-order valence-corrected chi connectivity index (χ1v) is 6.89. The Morgan fingerprint density at radius 1 is 1.27 bits per heavy atom. The van der Waals surface area contributed by atoms with E-state index in [4.69, 9.17) is 4.74 Å². The summed E-state index contributed by atoms with van der Waals surface area (Å²) in [5.74, 6) is -1.15. The van der Waals surface area contributed by atoms with Crippen LogP contribution in [0.2, 0.25) is 0 Å². The van der Waals surface area contributed by atoms with Gasteiger partial charge < -0.3 is 20.1 Å². The lowest BCUT2D eigenvalue weighted by Crippen LogP contribution is -2.42. The molecular weight excluding hydrogens is 288 g/mol. The zero-order chi connectivity index (χ0) is 16.2. The number of carbonyl (C=O) groups excluding carboxylic acids is 2. The summed E-state index contributed by atoms with van der Waals surface area (Å²) in [6, 6.07) is 2.63. The Bertz CT molecular complexity index is 728. The van der Waals surface area contributed by atoms with Crippen molar-refractivity contribution in [2.75, 3.05) is 7.11 Å². The summed E-state index contributed by atoms with van der Waals surface area (Å²) >= 11 is 0. The minimum Gasteiger partial charge on any atom is -0.507 e. The lowest BCUT2D eigenvalue weighted by molar-refractivity contribution is 0.00377. The minimum atomic E-state index is -1.26. The lowest BCUT2D eigenvalue weighted by atomic mass is 9.71. The fraction of sp³-hybridized carbons (Fsp3) is 0.375. The van der Waals surface area contributed by atoms with Crippen LogP contribution in [-0.2, 0) is 0 Å². The van der Waals surface area contributed by atoms with Crippen molar-refractivity contribution in [1.29, 1.82) is 0 Å².